The van der Waals surface area contributed by atoms with Gasteiger partial charge in [-0.25, -0.2) is 0 Å². The van der Waals surface area contributed by atoms with Gasteiger partial charge in [-0.15, -0.1) is 0 Å². The predicted octanol–water partition coefficient (Wildman–Crippen LogP) is 3.37. The summed E-state index contributed by atoms with van der Waals surface area (Å²) in [6.45, 7) is 0. The van der Waals surface area contributed by atoms with Crippen molar-refractivity contribution in [1.82, 2.24) is 4.90 Å². The number of para-hydroxylation sites is 1. The van der Waals surface area contributed by atoms with E-state index < -0.39 is 0 Å². The van der Waals surface area contributed by atoms with Crippen LogP contribution in [0.4, 0.5) is 11.4 Å². The van der Waals surface area contributed by atoms with Gasteiger partial charge in [0.2, 0.25) is 0 Å². The normalized spacial score (nSPS) is 15.8. The minimum absolute atomic E-state index is 0.151. The van der Waals surface area contributed by atoms with Gasteiger partial charge in [-0.05, 0) is 42.6 Å². The second-order valence-corrected chi connectivity index (χ2v) is 6.53. The first-order valence-electron chi connectivity index (χ1n) is 8.18. The first kappa shape index (κ1) is 17.9. The summed E-state index contributed by atoms with van der Waals surface area (Å²) in [5.74, 6) is 0.552. The van der Waals surface area contributed by atoms with Crippen molar-refractivity contribution in [2.24, 2.45) is 0 Å². The molecule has 0 radical (unpaired) electrons. The number of benzene rings is 2. The maximum Gasteiger partial charge on any atom is 0.281 e. The SMILES string of the molecule is COc1cc(N(C)C)ccc1/C=C1\C(=O)N(c2ccccc2)C(=S)N1C. The molecule has 2 aromatic carbocycles. The second kappa shape index (κ2) is 7.17. The highest BCUT2D eigenvalue weighted by Gasteiger charge is 2.36. The smallest absolute Gasteiger partial charge is 0.281 e. The van der Waals surface area contributed by atoms with Crippen LogP contribution in [-0.2, 0) is 4.79 Å². The second-order valence-electron chi connectivity index (χ2n) is 6.17. The molecule has 134 valence electrons. The minimum Gasteiger partial charge on any atom is -0.496 e. The Morgan fingerprint density at radius 3 is 2.42 bits per heavy atom. The molecule has 0 atom stereocenters. The fraction of sp³-hybridized carbons (Fsp3) is 0.200. The number of rotatable bonds is 4. The maximum absolute atomic E-state index is 13.0. The Hall–Kier alpha value is -2.86. The molecule has 0 aromatic heterocycles. The standard InChI is InChI=1S/C20H21N3O2S/c1-21(2)16-11-10-14(18(13-16)25-4)12-17-19(24)23(20(26)22(17)3)15-8-6-5-7-9-15/h5-13H,1-4H3/b17-12+. The Morgan fingerprint density at radius 1 is 1.12 bits per heavy atom. The van der Waals surface area contributed by atoms with Crippen molar-refractivity contribution in [2.75, 3.05) is 38.1 Å². The molecule has 1 saturated heterocycles. The van der Waals surface area contributed by atoms with Gasteiger partial charge in [-0.1, -0.05) is 18.2 Å². The van der Waals surface area contributed by atoms with E-state index in [1.807, 2.05) is 73.6 Å². The molecule has 0 unspecified atom stereocenters. The van der Waals surface area contributed by atoms with Crippen LogP contribution in [0, 0.1) is 0 Å². The first-order chi connectivity index (χ1) is 12.4. The number of ether oxygens (including phenoxy) is 1. The molecule has 0 N–H and O–H groups in total. The molecule has 3 rings (SSSR count). The van der Waals surface area contributed by atoms with Crippen molar-refractivity contribution in [3.8, 4) is 5.75 Å². The molecule has 2 aromatic rings. The van der Waals surface area contributed by atoms with Crippen molar-refractivity contribution in [3.05, 3.63) is 59.8 Å². The molecule has 1 aliphatic rings. The molecular formula is C20H21N3O2S. The Bertz CT molecular complexity index is 878. The molecule has 1 fully saturated rings. The third kappa shape index (κ3) is 3.15. The molecule has 0 bridgehead atoms. The van der Waals surface area contributed by atoms with Crippen LogP contribution in [0.3, 0.4) is 0 Å². The van der Waals surface area contributed by atoms with Gasteiger partial charge in [0.1, 0.15) is 11.4 Å². The number of amides is 1. The van der Waals surface area contributed by atoms with E-state index in [2.05, 4.69) is 0 Å². The van der Waals surface area contributed by atoms with E-state index in [0.29, 0.717) is 16.6 Å². The van der Waals surface area contributed by atoms with Gasteiger partial charge in [0.15, 0.2) is 5.11 Å². The number of anilines is 2. The van der Waals surface area contributed by atoms with E-state index in [9.17, 15) is 4.79 Å². The molecule has 6 heteroatoms. The Kier molecular flexibility index (Phi) is 4.95. The number of likely N-dealkylation sites (N-methyl/N-ethyl adjacent to an activating group) is 1. The lowest BCUT2D eigenvalue weighted by Gasteiger charge is -2.16. The highest BCUT2D eigenvalue weighted by Crippen LogP contribution is 2.31. The zero-order valence-electron chi connectivity index (χ0n) is 15.3. The lowest BCUT2D eigenvalue weighted by atomic mass is 10.1. The third-order valence-corrected chi connectivity index (χ3v) is 4.76. The molecule has 1 amide bonds. The predicted molar refractivity (Wildman–Crippen MR) is 110 cm³/mol. The van der Waals surface area contributed by atoms with E-state index in [0.717, 1.165) is 16.9 Å². The van der Waals surface area contributed by atoms with E-state index in [1.165, 1.54) is 0 Å². The van der Waals surface area contributed by atoms with Gasteiger partial charge in [0.25, 0.3) is 5.91 Å². The van der Waals surface area contributed by atoms with Gasteiger partial charge in [-0.2, -0.15) is 0 Å². The van der Waals surface area contributed by atoms with Crippen molar-refractivity contribution in [3.63, 3.8) is 0 Å². The lowest BCUT2D eigenvalue weighted by Crippen LogP contribution is -2.30. The number of carbonyl (C=O) groups excluding carboxylic acids is 1. The maximum atomic E-state index is 13.0. The molecule has 5 nitrogen and oxygen atoms in total. The topological polar surface area (TPSA) is 36.0 Å². The van der Waals surface area contributed by atoms with Crippen LogP contribution in [-0.4, -0.2) is 44.2 Å². The molecule has 1 heterocycles. The van der Waals surface area contributed by atoms with E-state index in [4.69, 9.17) is 17.0 Å². The number of hydrogen-bond acceptors (Lipinski definition) is 4. The summed E-state index contributed by atoms with van der Waals surface area (Å²) in [6, 6.07) is 15.3. The third-order valence-electron chi connectivity index (χ3n) is 4.30. The summed E-state index contributed by atoms with van der Waals surface area (Å²) in [7, 11) is 7.36. The highest BCUT2D eigenvalue weighted by atomic mass is 32.1. The summed E-state index contributed by atoms with van der Waals surface area (Å²) in [5.41, 5.74) is 3.12. The van der Waals surface area contributed by atoms with Crippen LogP contribution < -0.4 is 14.5 Å². The van der Waals surface area contributed by atoms with Crippen LogP contribution in [0.25, 0.3) is 6.08 Å². The molecule has 0 aliphatic carbocycles. The zero-order valence-corrected chi connectivity index (χ0v) is 16.1. The molecule has 26 heavy (non-hydrogen) atoms. The summed E-state index contributed by atoms with van der Waals surface area (Å²) >= 11 is 5.48. The number of hydrogen-bond donors (Lipinski definition) is 0. The minimum atomic E-state index is -0.151. The van der Waals surface area contributed by atoms with E-state index in [-0.39, 0.29) is 5.91 Å². The number of thiocarbonyl (C=S) groups is 1. The summed E-state index contributed by atoms with van der Waals surface area (Å²) in [4.78, 5) is 18.3. The van der Waals surface area contributed by atoms with Gasteiger partial charge >= 0.3 is 0 Å². The number of nitrogens with zero attached hydrogens (tertiary/aromatic N) is 3. The first-order valence-corrected chi connectivity index (χ1v) is 8.59. The summed E-state index contributed by atoms with van der Waals surface area (Å²) in [6.07, 6.45) is 1.82. The zero-order chi connectivity index (χ0) is 18.8. The monoisotopic (exact) mass is 367 g/mol. The van der Waals surface area contributed by atoms with Gasteiger partial charge in [0, 0.05) is 38.5 Å². The average Bonchev–Trinajstić information content (AvgIpc) is 2.86. The number of methoxy groups -OCH3 is 1. The van der Waals surface area contributed by atoms with Crippen LogP contribution in [0.2, 0.25) is 0 Å². The lowest BCUT2D eigenvalue weighted by molar-refractivity contribution is -0.114. The number of carbonyl (C=O) groups is 1. The fourth-order valence-corrected chi connectivity index (χ4v) is 3.09. The molecule has 0 saturated carbocycles. The molecule has 1 aliphatic heterocycles. The van der Waals surface area contributed by atoms with Crippen molar-refractivity contribution >= 4 is 40.7 Å². The van der Waals surface area contributed by atoms with Gasteiger partial charge < -0.3 is 14.5 Å². The van der Waals surface area contributed by atoms with Crippen LogP contribution in [0.5, 0.6) is 5.75 Å². The van der Waals surface area contributed by atoms with Gasteiger partial charge in [0.05, 0.1) is 12.8 Å². The van der Waals surface area contributed by atoms with Gasteiger partial charge in [-0.3, -0.25) is 9.69 Å². The molecular weight excluding hydrogens is 346 g/mol. The van der Waals surface area contributed by atoms with Crippen LogP contribution in [0.1, 0.15) is 5.56 Å². The Balaban J connectivity index is 2.01. The highest BCUT2D eigenvalue weighted by molar-refractivity contribution is 7.80. The van der Waals surface area contributed by atoms with E-state index >= 15 is 0 Å². The van der Waals surface area contributed by atoms with Crippen molar-refractivity contribution in [2.45, 2.75) is 0 Å². The molecule has 0 spiro atoms. The van der Waals surface area contributed by atoms with Crippen molar-refractivity contribution in [1.29, 1.82) is 0 Å². The quantitative estimate of drug-likeness (QED) is 0.612. The van der Waals surface area contributed by atoms with Crippen LogP contribution in [0.15, 0.2) is 54.2 Å². The van der Waals surface area contributed by atoms with Crippen LogP contribution >= 0.6 is 12.2 Å². The van der Waals surface area contributed by atoms with Crippen molar-refractivity contribution < 1.29 is 9.53 Å². The largest absolute Gasteiger partial charge is 0.496 e. The summed E-state index contributed by atoms with van der Waals surface area (Å²) in [5, 5.41) is 0.455. The Morgan fingerprint density at radius 2 is 1.81 bits per heavy atom. The van der Waals surface area contributed by atoms with E-state index in [1.54, 1.807) is 24.0 Å². The summed E-state index contributed by atoms with van der Waals surface area (Å²) < 4.78 is 5.51. The Labute approximate surface area is 159 Å². The fourth-order valence-electron chi connectivity index (χ4n) is 2.81. The average molecular weight is 367 g/mol.